The molecule has 0 N–H and O–H groups in total. The van der Waals surface area contributed by atoms with Crippen molar-refractivity contribution in [3.8, 4) is 56.4 Å². The first-order chi connectivity index (χ1) is 25.8. The van der Waals surface area contributed by atoms with Crippen molar-refractivity contribution in [1.82, 2.24) is 15.0 Å². The molecule has 1 aromatic heterocycles. The van der Waals surface area contributed by atoms with Crippen molar-refractivity contribution < 1.29 is 0 Å². The van der Waals surface area contributed by atoms with E-state index in [1.165, 1.54) is 54.2 Å². The number of nitrogens with zero attached hydrogens (tertiary/aromatic N) is 3. The summed E-state index contributed by atoms with van der Waals surface area (Å²) in [5, 5.41) is 10.1. The lowest BCUT2D eigenvalue weighted by Crippen LogP contribution is -2.00. The topological polar surface area (TPSA) is 38.7 Å². The van der Waals surface area contributed by atoms with E-state index in [0.717, 1.165) is 27.8 Å². The van der Waals surface area contributed by atoms with Crippen LogP contribution in [0.1, 0.15) is 0 Å². The summed E-state index contributed by atoms with van der Waals surface area (Å²) in [7, 11) is 0. The van der Waals surface area contributed by atoms with Gasteiger partial charge in [-0.25, -0.2) is 15.0 Å². The minimum Gasteiger partial charge on any atom is -0.208 e. The lowest BCUT2D eigenvalue weighted by Gasteiger charge is -2.15. The molecule has 0 fully saturated rings. The Kier molecular flexibility index (Phi) is 7.14. The minimum absolute atomic E-state index is 0.640. The van der Waals surface area contributed by atoms with Crippen LogP contribution in [-0.4, -0.2) is 15.0 Å². The molecule has 0 radical (unpaired) electrons. The van der Waals surface area contributed by atoms with E-state index in [-0.39, 0.29) is 0 Å². The Morgan fingerprint density at radius 1 is 0.231 bits per heavy atom. The second-order valence-corrected chi connectivity index (χ2v) is 13.2. The normalized spacial score (nSPS) is 11.5. The molecule has 0 amide bonds. The largest absolute Gasteiger partial charge is 0.208 e. The Bertz CT molecular complexity index is 2900. The first kappa shape index (κ1) is 29.9. The SMILES string of the molecule is c1ccc(-c2ccc(-c3nc(-c4ccccc4)nc(-c4cccc(-c5cccc6c5ccc5c7ccccc7c7ccccc7c65)c4)n3)cc2)cc1. The van der Waals surface area contributed by atoms with Crippen molar-refractivity contribution in [2.45, 2.75) is 0 Å². The van der Waals surface area contributed by atoms with Gasteiger partial charge in [-0.2, -0.15) is 0 Å². The molecule has 242 valence electrons. The van der Waals surface area contributed by atoms with Crippen LogP contribution in [0, 0.1) is 0 Å². The van der Waals surface area contributed by atoms with Crippen molar-refractivity contribution in [1.29, 1.82) is 0 Å². The van der Waals surface area contributed by atoms with Gasteiger partial charge in [-0.15, -0.1) is 0 Å². The summed E-state index contributed by atoms with van der Waals surface area (Å²) in [5.74, 6) is 1.93. The zero-order chi connectivity index (χ0) is 34.4. The molecule has 0 atom stereocenters. The lowest BCUT2D eigenvalue weighted by molar-refractivity contribution is 1.07. The zero-order valence-corrected chi connectivity index (χ0v) is 28.2. The quantitative estimate of drug-likeness (QED) is 0.172. The van der Waals surface area contributed by atoms with Gasteiger partial charge in [-0.1, -0.05) is 182 Å². The van der Waals surface area contributed by atoms with E-state index in [1.54, 1.807) is 0 Å². The van der Waals surface area contributed by atoms with Gasteiger partial charge < -0.3 is 0 Å². The average Bonchev–Trinajstić information content (AvgIpc) is 3.24. The molecule has 10 rings (SSSR count). The zero-order valence-electron chi connectivity index (χ0n) is 28.2. The summed E-state index contributed by atoms with van der Waals surface area (Å²) in [5.41, 5.74) is 7.44. The summed E-state index contributed by atoms with van der Waals surface area (Å²) in [4.78, 5) is 15.1. The Morgan fingerprint density at radius 2 is 0.615 bits per heavy atom. The molecule has 3 nitrogen and oxygen atoms in total. The lowest BCUT2D eigenvalue weighted by atomic mass is 9.89. The second-order valence-electron chi connectivity index (χ2n) is 13.2. The summed E-state index contributed by atoms with van der Waals surface area (Å²) in [6.07, 6.45) is 0. The maximum Gasteiger partial charge on any atom is 0.164 e. The van der Waals surface area contributed by atoms with E-state index in [9.17, 15) is 0 Å². The van der Waals surface area contributed by atoms with E-state index in [2.05, 4.69) is 152 Å². The number of hydrogen-bond donors (Lipinski definition) is 0. The predicted molar refractivity (Wildman–Crippen MR) is 217 cm³/mol. The summed E-state index contributed by atoms with van der Waals surface area (Å²) in [6.45, 7) is 0. The van der Waals surface area contributed by atoms with Crippen LogP contribution >= 0.6 is 0 Å². The summed E-state index contributed by atoms with van der Waals surface area (Å²) in [6, 6.07) is 66.4. The molecule has 0 saturated heterocycles. The third-order valence-electron chi connectivity index (χ3n) is 10.1. The molecule has 0 aliphatic rings. The molecule has 0 aliphatic carbocycles. The fraction of sp³-hybridized carbons (Fsp3) is 0. The summed E-state index contributed by atoms with van der Waals surface area (Å²) < 4.78 is 0. The molecular weight excluding hydrogens is 631 g/mol. The first-order valence-corrected chi connectivity index (χ1v) is 17.6. The molecule has 0 bridgehead atoms. The third kappa shape index (κ3) is 5.10. The maximum absolute atomic E-state index is 5.08. The fourth-order valence-electron chi connectivity index (χ4n) is 7.63. The number of rotatable bonds is 5. The maximum atomic E-state index is 5.08. The Balaban J connectivity index is 1.12. The molecule has 0 unspecified atom stereocenters. The highest BCUT2D eigenvalue weighted by Crippen LogP contribution is 2.41. The van der Waals surface area contributed by atoms with Gasteiger partial charge in [0.1, 0.15) is 0 Å². The van der Waals surface area contributed by atoms with Gasteiger partial charge in [0.25, 0.3) is 0 Å². The van der Waals surface area contributed by atoms with E-state index in [0.29, 0.717) is 17.5 Å². The van der Waals surface area contributed by atoms with Crippen molar-refractivity contribution in [2.75, 3.05) is 0 Å². The van der Waals surface area contributed by atoms with Crippen LogP contribution in [0.5, 0.6) is 0 Å². The van der Waals surface area contributed by atoms with E-state index in [1.807, 2.05) is 36.4 Å². The third-order valence-corrected chi connectivity index (χ3v) is 10.1. The predicted octanol–water partition coefficient (Wildman–Crippen LogP) is 12.8. The fourth-order valence-corrected chi connectivity index (χ4v) is 7.63. The van der Waals surface area contributed by atoms with Gasteiger partial charge in [0.15, 0.2) is 17.5 Å². The van der Waals surface area contributed by atoms with Gasteiger partial charge in [0.2, 0.25) is 0 Å². The minimum atomic E-state index is 0.640. The van der Waals surface area contributed by atoms with Crippen LogP contribution in [0.2, 0.25) is 0 Å². The van der Waals surface area contributed by atoms with Gasteiger partial charge in [0.05, 0.1) is 0 Å². The number of fused-ring (bicyclic) bond motifs is 8. The molecule has 9 aromatic carbocycles. The van der Waals surface area contributed by atoms with Crippen LogP contribution < -0.4 is 0 Å². The number of benzene rings is 9. The van der Waals surface area contributed by atoms with Gasteiger partial charge in [-0.3, -0.25) is 0 Å². The van der Waals surface area contributed by atoms with Gasteiger partial charge >= 0.3 is 0 Å². The molecule has 0 spiro atoms. The van der Waals surface area contributed by atoms with Crippen LogP contribution in [0.25, 0.3) is 99.5 Å². The number of aromatic nitrogens is 3. The molecule has 10 aromatic rings. The smallest absolute Gasteiger partial charge is 0.164 e. The Morgan fingerprint density at radius 3 is 1.29 bits per heavy atom. The van der Waals surface area contributed by atoms with Crippen molar-refractivity contribution in [2.24, 2.45) is 0 Å². The Labute approximate surface area is 301 Å². The molecule has 3 heteroatoms. The molecule has 0 saturated carbocycles. The van der Waals surface area contributed by atoms with Crippen LogP contribution in [0.4, 0.5) is 0 Å². The first-order valence-electron chi connectivity index (χ1n) is 17.6. The highest BCUT2D eigenvalue weighted by Gasteiger charge is 2.16. The van der Waals surface area contributed by atoms with E-state index in [4.69, 9.17) is 15.0 Å². The van der Waals surface area contributed by atoms with Gasteiger partial charge in [-0.05, 0) is 71.4 Å². The second kappa shape index (κ2) is 12.4. The van der Waals surface area contributed by atoms with Crippen molar-refractivity contribution in [3.63, 3.8) is 0 Å². The van der Waals surface area contributed by atoms with Crippen molar-refractivity contribution in [3.05, 3.63) is 188 Å². The monoisotopic (exact) mass is 661 g/mol. The van der Waals surface area contributed by atoms with Crippen LogP contribution in [0.15, 0.2) is 188 Å². The highest BCUT2D eigenvalue weighted by molar-refractivity contribution is 6.32. The van der Waals surface area contributed by atoms with Crippen molar-refractivity contribution >= 4 is 43.1 Å². The van der Waals surface area contributed by atoms with Crippen LogP contribution in [-0.2, 0) is 0 Å². The van der Waals surface area contributed by atoms with E-state index < -0.39 is 0 Å². The molecule has 52 heavy (non-hydrogen) atoms. The Hall–Kier alpha value is -6.97. The summed E-state index contributed by atoms with van der Waals surface area (Å²) >= 11 is 0. The standard InChI is InChI=1S/C49H31N3/c1-3-13-32(14-4-1)33-25-27-35(28-26-33)48-50-47(34-15-5-2-6-16-34)51-49(52-48)37-18-11-17-36(31-37)38-23-12-24-44-42(38)29-30-45-41-21-8-7-19-39(41)40-20-9-10-22-43(40)46(44)45/h1-31H. The highest BCUT2D eigenvalue weighted by atomic mass is 15.0. The van der Waals surface area contributed by atoms with Gasteiger partial charge in [0, 0.05) is 16.7 Å². The molecular formula is C49H31N3. The molecule has 1 heterocycles. The van der Waals surface area contributed by atoms with Crippen LogP contribution in [0.3, 0.4) is 0 Å². The molecule has 0 aliphatic heterocycles. The number of hydrogen-bond acceptors (Lipinski definition) is 3. The van der Waals surface area contributed by atoms with E-state index >= 15 is 0 Å². The average molecular weight is 662 g/mol.